The Balaban J connectivity index is 1.06. The quantitative estimate of drug-likeness (QED) is 0.0245. The molecule has 6 rings (SSSR count). The molecule has 1 aromatic heterocycles. The van der Waals surface area contributed by atoms with Crippen molar-refractivity contribution in [3.63, 3.8) is 0 Å². The van der Waals surface area contributed by atoms with E-state index in [4.69, 9.17) is 15.2 Å². The van der Waals surface area contributed by atoms with E-state index in [0.29, 0.717) is 54.3 Å². The van der Waals surface area contributed by atoms with Gasteiger partial charge in [-0.25, -0.2) is 17.6 Å². The van der Waals surface area contributed by atoms with Crippen molar-refractivity contribution in [3.8, 4) is 11.5 Å². The summed E-state index contributed by atoms with van der Waals surface area (Å²) in [5.41, 5.74) is 6.85. The zero-order chi connectivity index (χ0) is 71.3. The number of H-pyrrole nitrogens is 1. The number of benzene rings is 5. The number of carboxylic acids is 3. The first-order chi connectivity index (χ1) is 46.8. The number of fused-ring (bicyclic) bond motifs is 2. The topological polar surface area (TPSA) is 468 Å². The molecule has 0 bridgehead atoms. The van der Waals surface area contributed by atoms with E-state index in [-0.39, 0.29) is 43.7 Å². The van der Waals surface area contributed by atoms with E-state index in [9.17, 15) is 85.7 Å². The number of rotatable bonds is 41. The number of ether oxygens (including phenoxy) is 2. The van der Waals surface area contributed by atoms with Crippen LogP contribution in [0.3, 0.4) is 0 Å². The van der Waals surface area contributed by atoms with Gasteiger partial charge in [-0.1, -0.05) is 73.2 Å². The molecule has 0 aliphatic heterocycles. The summed E-state index contributed by atoms with van der Waals surface area (Å²) in [4.78, 5) is 160. The molecule has 6 atom stereocenters. The Morgan fingerprint density at radius 3 is 1.78 bits per heavy atom. The second-order valence-corrected chi connectivity index (χ2v) is 24.4. The fraction of sp³-hybridized carbons (Fsp3) is 0.364. The van der Waals surface area contributed by atoms with Crippen molar-refractivity contribution in [2.24, 2.45) is 5.73 Å². The molecule has 30 nitrogen and oxygen atoms in total. The van der Waals surface area contributed by atoms with Crippen LogP contribution >= 0.6 is 0 Å². The molecule has 0 spiro atoms. The highest BCUT2D eigenvalue weighted by Crippen LogP contribution is 2.26. The van der Waals surface area contributed by atoms with Gasteiger partial charge in [0.15, 0.2) is 0 Å². The van der Waals surface area contributed by atoms with Crippen LogP contribution in [-0.2, 0) is 75.6 Å². The minimum absolute atomic E-state index is 0.00554. The van der Waals surface area contributed by atoms with E-state index in [1.54, 1.807) is 42.6 Å². The molecule has 5 aromatic carbocycles. The number of aliphatic carboxylic acids is 3. The first kappa shape index (κ1) is 76.0. The molecule has 0 saturated heterocycles. The average Bonchev–Trinajstić information content (AvgIpc) is 1.39. The monoisotopic (exact) mass is 1380 g/mol. The standard InChI is InChI=1S/C66H78FN11O19S/c1-96-43-23-25-44(26-24-43)98(94,95)78-53(36-59(85)86)65(92)76-50(28-30-58(83)84)62(89)72-38-56(80)74-51(34-39-13-11-16-42(67)33-39)63(90)77-52(35-41-37-71-47-19-7-6-17-45(41)47)64(91)75-49(27-29-57(81)82)61(88)69-31-9-2-3-22-55(79)73-48(60(68)87)20-8-10-32-70-66(93)97-54-21-12-15-40-14-4-5-18-46(40)54/h4-7,11-19,21,23-26,33,37,48-53,71,78H,2-3,8-10,20,22,27-32,34-36,38H2,1H3,(H2,68,87)(H,69,88)(H,70,93)(H,72,89)(H,73,79)(H,74,80)(H,75,91)(H,76,92)(H,77,90)(H,81,82)(H,83,84)(H,85,86). The van der Waals surface area contributed by atoms with Gasteiger partial charge in [-0.2, -0.15) is 4.72 Å². The molecule has 9 amide bonds. The van der Waals surface area contributed by atoms with Gasteiger partial charge in [-0.05, 0) is 110 Å². The van der Waals surface area contributed by atoms with Gasteiger partial charge >= 0.3 is 24.0 Å². The number of halogens is 1. The van der Waals surface area contributed by atoms with E-state index in [1.165, 1.54) is 31.4 Å². The normalized spacial score (nSPS) is 13.0. The number of primary amides is 1. The lowest BCUT2D eigenvalue weighted by molar-refractivity contribution is -0.140. The summed E-state index contributed by atoms with van der Waals surface area (Å²) in [7, 11) is -3.28. The van der Waals surface area contributed by atoms with E-state index in [2.05, 4.69) is 47.5 Å². The second-order valence-electron chi connectivity index (χ2n) is 22.6. The third-order valence-electron chi connectivity index (χ3n) is 15.3. The smallest absolute Gasteiger partial charge is 0.412 e. The predicted octanol–water partition coefficient (Wildman–Crippen LogP) is 2.47. The largest absolute Gasteiger partial charge is 0.497 e. The number of aromatic amines is 1. The zero-order valence-electron chi connectivity index (χ0n) is 53.3. The molecular weight excluding hydrogens is 1300 g/mol. The lowest BCUT2D eigenvalue weighted by Gasteiger charge is -2.26. The zero-order valence-corrected chi connectivity index (χ0v) is 54.1. The number of unbranched alkanes of at least 4 members (excludes halogenated alkanes) is 3. The van der Waals surface area contributed by atoms with Crippen molar-refractivity contribution in [3.05, 3.63) is 138 Å². The van der Waals surface area contributed by atoms with Crippen molar-refractivity contribution in [1.29, 1.82) is 0 Å². The van der Waals surface area contributed by atoms with E-state index < -0.39 is 173 Å². The van der Waals surface area contributed by atoms with E-state index >= 15 is 0 Å². The SMILES string of the molecule is COc1ccc(S(=O)(=O)NC(CC(=O)O)C(=O)NC(CCC(=O)O)C(=O)NCC(=O)NC(Cc2cccc(F)c2)C(=O)NC(Cc2c[nH]c3ccccc23)C(=O)NC(CCC(=O)O)C(=O)NCCCCCC(=O)NC(CCCCNC(=O)Oc2cccc3ccccc23)C(N)=O)cc1. The number of methoxy groups -OCH3 is 1. The Bertz CT molecular complexity index is 3940. The Kier molecular flexibility index (Phi) is 29.4. The Morgan fingerprint density at radius 1 is 0.541 bits per heavy atom. The summed E-state index contributed by atoms with van der Waals surface area (Å²) in [6, 6.07) is 19.7. The third-order valence-corrected chi connectivity index (χ3v) is 16.7. The Labute approximate surface area is 561 Å². The van der Waals surface area contributed by atoms with Crippen LogP contribution in [0.5, 0.6) is 11.5 Å². The summed E-state index contributed by atoms with van der Waals surface area (Å²) in [5, 5.41) is 50.9. The molecule has 6 aromatic rings. The summed E-state index contributed by atoms with van der Waals surface area (Å²) in [6.07, 6.45) is -1.33. The minimum Gasteiger partial charge on any atom is -0.497 e. The molecule has 15 N–H and O–H groups in total. The molecule has 6 unspecified atom stereocenters. The van der Waals surface area contributed by atoms with Crippen molar-refractivity contribution in [2.75, 3.05) is 26.7 Å². The number of carbonyl (C=O) groups is 12. The lowest BCUT2D eigenvalue weighted by Crippen LogP contribution is -2.58. The molecule has 0 aliphatic carbocycles. The number of hydrogen-bond donors (Lipinski definition) is 14. The van der Waals surface area contributed by atoms with Crippen molar-refractivity contribution in [1.82, 2.24) is 52.2 Å². The highest BCUT2D eigenvalue weighted by molar-refractivity contribution is 7.89. The average molecular weight is 1380 g/mol. The number of carboxylic acid groups (broad SMARTS) is 3. The van der Waals surface area contributed by atoms with Crippen molar-refractivity contribution in [2.45, 2.75) is 131 Å². The molecule has 0 radical (unpaired) electrons. The number of hydrogen-bond acceptors (Lipinski definition) is 16. The fourth-order valence-corrected chi connectivity index (χ4v) is 11.4. The Morgan fingerprint density at radius 2 is 1.12 bits per heavy atom. The van der Waals surface area contributed by atoms with Crippen LogP contribution in [0, 0.1) is 5.82 Å². The highest BCUT2D eigenvalue weighted by Gasteiger charge is 2.34. The van der Waals surface area contributed by atoms with E-state index in [1.807, 2.05) is 35.1 Å². The minimum atomic E-state index is -4.61. The molecule has 32 heteroatoms. The molecular formula is C66H78FN11O19S. The molecule has 524 valence electrons. The number of carbonyl (C=O) groups excluding carboxylic acids is 9. The summed E-state index contributed by atoms with van der Waals surface area (Å²) >= 11 is 0. The van der Waals surface area contributed by atoms with Crippen LogP contribution < -0.4 is 62.5 Å². The maximum Gasteiger partial charge on any atom is 0.412 e. The molecule has 0 saturated carbocycles. The van der Waals surface area contributed by atoms with E-state index in [0.717, 1.165) is 35.0 Å². The third kappa shape index (κ3) is 25.0. The van der Waals surface area contributed by atoms with Crippen LogP contribution in [0.25, 0.3) is 21.7 Å². The molecule has 0 aliphatic rings. The van der Waals surface area contributed by atoms with Crippen molar-refractivity contribution >= 4 is 103 Å². The van der Waals surface area contributed by atoms with Gasteiger partial charge in [0.2, 0.25) is 57.3 Å². The first-order valence-electron chi connectivity index (χ1n) is 31.2. The maximum absolute atomic E-state index is 14.6. The number of sulfonamides is 1. The van der Waals surface area contributed by atoms with Crippen LogP contribution in [-0.4, -0.2) is 163 Å². The van der Waals surface area contributed by atoms with Crippen LogP contribution in [0.1, 0.15) is 88.2 Å². The summed E-state index contributed by atoms with van der Waals surface area (Å²) in [6.45, 7) is -0.756. The lowest BCUT2D eigenvalue weighted by atomic mass is 10.0. The summed E-state index contributed by atoms with van der Waals surface area (Å²) < 4.78 is 53.6. The van der Waals surface area contributed by atoms with Crippen LogP contribution in [0.2, 0.25) is 0 Å². The predicted molar refractivity (Wildman–Crippen MR) is 350 cm³/mol. The number of nitrogens with two attached hydrogens (primary N) is 1. The fourth-order valence-electron chi connectivity index (χ4n) is 10.2. The van der Waals surface area contributed by atoms with Gasteiger partial charge in [0.05, 0.1) is 25.0 Å². The van der Waals surface area contributed by atoms with Gasteiger partial charge in [0.25, 0.3) is 0 Å². The molecule has 1 heterocycles. The number of aromatic nitrogens is 1. The van der Waals surface area contributed by atoms with Crippen molar-refractivity contribution < 1.29 is 95.1 Å². The highest BCUT2D eigenvalue weighted by atomic mass is 32.2. The maximum atomic E-state index is 14.6. The molecule has 98 heavy (non-hydrogen) atoms. The van der Waals surface area contributed by atoms with Gasteiger partial charge in [-0.3, -0.25) is 52.7 Å². The number of para-hydroxylation sites is 1. The number of nitrogens with one attached hydrogen (secondary N) is 10. The molecule has 0 fully saturated rings. The van der Waals surface area contributed by atoms with Crippen LogP contribution in [0.15, 0.2) is 126 Å². The summed E-state index contributed by atoms with van der Waals surface area (Å²) in [5.74, 6) is -12.2. The second kappa shape index (κ2) is 37.9. The van der Waals surface area contributed by atoms with Gasteiger partial charge < -0.3 is 78.0 Å². The van der Waals surface area contributed by atoms with Gasteiger partial charge in [0, 0.05) is 67.7 Å². The number of amides is 9. The van der Waals surface area contributed by atoms with Gasteiger partial charge in [-0.15, -0.1) is 0 Å². The first-order valence-corrected chi connectivity index (χ1v) is 32.7. The van der Waals surface area contributed by atoms with Crippen LogP contribution in [0.4, 0.5) is 9.18 Å². The Hall–Kier alpha value is -11.0. The van der Waals surface area contributed by atoms with Gasteiger partial charge in [0.1, 0.15) is 53.6 Å².